The van der Waals surface area contributed by atoms with Gasteiger partial charge >= 0.3 is 5.97 Å². The first-order valence-electron chi connectivity index (χ1n) is 5.47. The van der Waals surface area contributed by atoms with Crippen molar-refractivity contribution in [3.05, 3.63) is 64.4 Å². The van der Waals surface area contributed by atoms with Gasteiger partial charge in [0.15, 0.2) is 0 Å². The first-order valence-corrected chi connectivity index (χ1v) is 5.85. The molecule has 0 saturated carbocycles. The van der Waals surface area contributed by atoms with Crippen LogP contribution in [-0.2, 0) is 6.61 Å². The summed E-state index contributed by atoms with van der Waals surface area (Å²) in [6, 6.07) is 10.6. The fraction of sp³-hybridized carbons (Fsp3) is 0.0714. The van der Waals surface area contributed by atoms with Crippen LogP contribution >= 0.6 is 11.6 Å². The Balaban J connectivity index is 2.14. The summed E-state index contributed by atoms with van der Waals surface area (Å²) in [4.78, 5) is 11.0. The van der Waals surface area contributed by atoms with E-state index in [1.807, 2.05) is 0 Å². The van der Waals surface area contributed by atoms with Crippen molar-refractivity contribution in [3.8, 4) is 5.75 Å². The van der Waals surface area contributed by atoms with Crippen molar-refractivity contribution < 1.29 is 19.0 Å². The number of rotatable bonds is 4. The molecule has 0 aliphatic rings. The van der Waals surface area contributed by atoms with E-state index in [4.69, 9.17) is 21.4 Å². The Morgan fingerprint density at radius 2 is 2.00 bits per heavy atom. The van der Waals surface area contributed by atoms with Crippen LogP contribution in [0.2, 0.25) is 5.02 Å². The second-order valence-corrected chi connectivity index (χ2v) is 4.25. The fourth-order valence-electron chi connectivity index (χ4n) is 1.56. The third-order valence-corrected chi connectivity index (χ3v) is 2.80. The molecule has 2 aromatic rings. The van der Waals surface area contributed by atoms with Crippen LogP contribution in [-0.4, -0.2) is 11.1 Å². The second-order valence-electron chi connectivity index (χ2n) is 3.84. The first-order chi connectivity index (χ1) is 9.08. The standard InChI is InChI=1S/C14H10ClFO3/c15-11-6-5-9(7-12(11)16)8-19-13-4-2-1-3-10(13)14(17)18/h1-7H,8H2,(H,17,18). The highest BCUT2D eigenvalue weighted by Gasteiger charge is 2.10. The summed E-state index contributed by atoms with van der Waals surface area (Å²) in [6.45, 7) is 0.0678. The highest BCUT2D eigenvalue weighted by atomic mass is 35.5. The van der Waals surface area contributed by atoms with Crippen LogP contribution in [0.4, 0.5) is 4.39 Å². The Hall–Kier alpha value is -2.07. The van der Waals surface area contributed by atoms with Gasteiger partial charge in [0.05, 0.1) is 5.02 Å². The van der Waals surface area contributed by atoms with Crippen molar-refractivity contribution in [1.82, 2.24) is 0 Å². The van der Waals surface area contributed by atoms with E-state index in [1.165, 1.54) is 18.2 Å². The molecule has 19 heavy (non-hydrogen) atoms. The minimum atomic E-state index is -1.07. The highest BCUT2D eigenvalue weighted by Crippen LogP contribution is 2.21. The van der Waals surface area contributed by atoms with Crippen molar-refractivity contribution >= 4 is 17.6 Å². The van der Waals surface area contributed by atoms with Gasteiger partial charge in [-0.15, -0.1) is 0 Å². The molecule has 0 aliphatic carbocycles. The van der Waals surface area contributed by atoms with Gasteiger partial charge < -0.3 is 9.84 Å². The monoisotopic (exact) mass is 280 g/mol. The van der Waals surface area contributed by atoms with E-state index in [-0.39, 0.29) is 22.9 Å². The Morgan fingerprint density at radius 3 is 2.68 bits per heavy atom. The second kappa shape index (κ2) is 5.71. The van der Waals surface area contributed by atoms with Gasteiger partial charge in [-0.3, -0.25) is 0 Å². The van der Waals surface area contributed by atoms with Crippen LogP contribution in [0.3, 0.4) is 0 Å². The van der Waals surface area contributed by atoms with Gasteiger partial charge in [-0.05, 0) is 29.8 Å². The van der Waals surface area contributed by atoms with Crippen LogP contribution in [0.25, 0.3) is 0 Å². The Kier molecular flexibility index (Phi) is 4.02. The molecule has 0 aromatic heterocycles. The average molecular weight is 281 g/mol. The highest BCUT2D eigenvalue weighted by molar-refractivity contribution is 6.30. The zero-order valence-electron chi connectivity index (χ0n) is 9.77. The molecular weight excluding hydrogens is 271 g/mol. The number of para-hydroxylation sites is 1. The maximum absolute atomic E-state index is 13.2. The molecule has 0 saturated heterocycles. The molecule has 2 aromatic carbocycles. The predicted molar refractivity (Wildman–Crippen MR) is 69.1 cm³/mol. The predicted octanol–water partition coefficient (Wildman–Crippen LogP) is 3.76. The SMILES string of the molecule is O=C(O)c1ccccc1OCc1ccc(Cl)c(F)c1. The number of benzene rings is 2. The normalized spacial score (nSPS) is 10.2. The molecule has 0 fully saturated rings. The number of carboxylic acids is 1. The maximum Gasteiger partial charge on any atom is 0.339 e. The van der Waals surface area contributed by atoms with E-state index >= 15 is 0 Å². The number of carbonyl (C=O) groups is 1. The van der Waals surface area contributed by atoms with Crippen LogP contribution in [0.5, 0.6) is 5.75 Å². The number of aromatic carboxylic acids is 1. The van der Waals surface area contributed by atoms with Gasteiger partial charge in [0.2, 0.25) is 0 Å². The minimum Gasteiger partial charge on any atom is -0.488 e. The number of carboxylic acid groups (broad SMARTS) is 1. The molecule has 0 atom stereocenters. The lowest BCUT2D eigenvalue weighted by Crippen LogP contribution is -2.03. The van der Waals surface area contributed by atoms with E-state index in [2.05, 4.69) is 0 Å². The lowest BCUT2D eigenvalue weighted by molar-refractivity contribution is 0.0691. The summed E-state index contributed by atoms with van der Waals surface area (Å²) in [6.07, 6.45) is 0. The molecule has 1 N–H and O–H groups in total. The molecule has 0 unspecified atom stereocenters. The molecule has 5 heteroatoms. The third kappa shape index (κ3) is 3.23. The van der Waals surface area contributed by atoms with E-state index in [0.29, 0.717) is 5.56 Å². The molecule has 3 nitrogen and oxygen atoms in total. The largest absolute Gasteiger partial charge is 0.488 e. The quantitative estimate of drug-likeness (QED) is 0.927. The van der Waals surface area contributed by atoms with E-state index in [9.17, 15) is 9.18 Å². The summed E-state index contributed by atoms with van der Waals surface area (Å²) in [7, 11) is 0. The average Bonchev–Trinajstić information content (AvgIpc) is 2.40. The number of hydrogen-bond donors (Lipinski definition) is 1. The van der Waals surface area contributed by atoms with Gasteiger partial charge in [-0.2, -0.15) is 0 Å². The Labute approximate surface area is 114 Å². The van der Waals surface area contributed by atoms with Crippen LogP contribution in [0, 0.1) is 5.82 Å². The molecule has 0 aliphatic heterocycles. The summed E-state index contributed by atoms with van der Waals surface area (Å²) < 4.78 is 18.6. The first kappa shape index (κ1) is 13.4. The van der Waals surface area contributed by atoms with Gasteiger partial charge in [-0.25, -0.2) is 9.18 Å². The Morgan fingerprint density at radius 1 is 1.26 bits per heavy atom. The summed E-state index contributed by atoms with van der Waals surface area (Å²) in [5.74, 6) is -1.36. The topological polar surface area (TPSA) is 46.5 Å². The zero-order valence-corrected chi connectivity index (χ0v) is 10.5. The van der Waals surface area contributed by atoms with E-state index < -0.39 is 11.8 Å². The molecule has 0 heterocycles. The van der Waals surface area contributed by atoms with Crippen molar-refractivity contribution in [3.63, 3.8) is 0 Å². The summed E-state index contributed by atoms with van der Waals surface area (Å²) in [5, 5.41) is 9.02. The lowest BCUT2D eigenvalue weighted by Gasteiger charge is -2.09. The van der Waals surface area contributed by atoms with Gasteiger partial charge in [0.25, 0.3) is 0 Å². The zero-order chi connectivity index (χ0) is 13.8. The summed E-state index contributed by atoms with van der Waals surface area (Å²) in [5.41, 5.74) is 0.638. The Bertz CT molecular complexity index is 613. The van der Waals surface area contributed by atoms with Crippen molar-refractivity contribution in [2.24, 2.45) is 0 Å². The van der Waals surface area contributed by atoms with Gasteiger partial charge in [0.1, 0.15) is 23.7 Å². The lowest BCUT2D eigenvalue weighted by atomic mass is 10.2. The van der Waals surface area contributed by atoms with Crippen molar-refractivity contribution in [1.29, 1.82) is 0 Å². The van der Waals surface area contributed by atoms with Gasteiger partial charge in [0, 0.05) is 0 Å². The summed E-state index contributed by atoms with van der Waals surface area (Å²) >= 11 is 5.57. The molecule has 2 rings (SSSR count). The van der Waals surface area contributed by atoms with Crippen LogP contribution < -0.4 is 4.74 Å². The molecule has 0 amide bonds. The van der Waals surface area contributed by atoms with Crippen LogP contribution in [0.1, 0.15) is 15.9 Å². The van der Waals surface area contributed by atoms with Crippen LogP contribution in [0.15, 0.2) is 42.5 Å². The molecule has 0 spiro atoms. The van der Waals surface area contributed by atoms with E-state index in [0.717, 1.165) is 0 Å². The van der Waals surface area contributed by atoms with Crippen molar-refractivity contribution in [2.75, 3.05) is 0 Å². The molecule has 0 radical (unpaired) electrons. The number of hydrogen-bond acceptors (Lipinski definition) is 2. The smallest absolute Gasteiger partial charge is 0.339 e. The van der Waals surface area contributed by atoms with Gasteiger partial charge in [-0.1, -0.05) is 29.8 Å². The molecular formula is C14H10ClFO3. The minimum absolute atomic E-state index is 0.0367. The fourth-order valence-corrected chi connectivity index (χ4v) is 1.68. The van der Waals surface area contributed by atoms with E-state index in [1.54, 1.807) is 24.3 Å². The molecule has 98 valence electrons. The third-order valence-electron chi connectivity index (χ3n) is 2.50. The maximum atomic E-state index is 13.2. The van der Waals surface area contributed by atoms with Crippen molar-refractivity contribution in [2.45, 2.75) is 6.61 Å². The number of ether oxygens (including phenoxy) is 1. The number of halogens is 2. The molecule has 0 bridgehead atoms.